The van der Waals surface area contributed by atoms with Crippen molar-refractivity contribution in [1.82, 2.24) is 19.7 Å². The molecule has 1 amide bonds. The summed E-state index contributed by atoms with van der Waals surface area (Å²) in [7, 11) is 0. The van der Waals surface area contributed by atoms with Crippen LogP contribution in [-0.2, 0) is 16.0 Å². The highest BCUT2D eigenvalue weighted by molar-refractivity contribution is 9.10. The summed E-state index contributed by atoms with van der Waals surface area (Å²) in [6.45, 7) is 0.513. The molecule has 8 heteroatoms. The van der Waals surface area contributed by atoms with Crippen LogP contribution in [0.25, 0.3) is 27.8 Å². The van der Waals surface area contributed by atoms with Crippen molar-refractivity contribution in [3.05, 3.63) is 107 Å². The number of nitrogens with zero attached hydrogens (tertiary/aromatic N) is 3. The third-order valence-corrected chi connectivity index (χ3v) is 6.97. The Bertz CT molecular complexity index is 1540. The SMILES string of the molecule is O=C1COC(c2cn(-c3ccc(Br)cc3)nc2-c2ccc(F)cc2)N1CCc1ccc2[nH]ccc2c1. The Morgan fingerprint density at radius 1 is 1.06 bits per heavy atom. The zero-order valence-corrected chi connectivity index (χ0v) is 20.8. The van der Waals surface area contributed by atoms with Gasteiger partial charge in [-0.15, -0.1) is 0 Å². The van der Waals surface area contributed by atoms with E-state index >= 15 is 0 Å². The molecule has 6 nitrogen and oxygen atoms in total. The largest absolute Gasteiger partial charge is 0.361 e. The number of hydrogen-bond donors (Lipinski definition) is 1. The lowest BCUT2D eigenvalue weighted by Crippen LogP contribution is -2.30. The van der Waals surface area contributed by atoms with Crippen molar-refractivity contribution >= 4 is 32.7 Å². The fourth-order valence-corrected chi connectivity index (χ4v) is 4.85. The number of nitrogens with one attached hydrogen (secondary N) is 1. The van der Waals surface area contributed by atoms with E-state index in [9.17, 15) is 9.18 Å². The van der Waals surface area contributed by atoms with Crippen LogP contribution in [0.3, 0.4) is 0 Å². The molecule has 180 valence electrons. The molecule has 1 aliphatic rings. The quantitative estimate of drug-likeness (QED) is 0.284. The Balaban J connectivity index is 1.34. The lowest BCUT2D eigenvalue weighted by Gasteiger charge is -2.23. The number of H-pyrrole nitrogens is 1. The maximum absolute atomic E-state index is 13.7. The molecule has 0 spiro atoms. The van der Waals surface area contributed by atoms with Gasteiger partial charge in [-0.05, 0) is 84.1 Å². The molecule has 1 unspecified atom stereocenters. The molecule has 0 radical (unpaired) electrons. The number of benzene rings is 3. The minimum atomic E-state index is -0.585. The summed E-state index contributed by atoms with van der Waals surface area (Å²) < 4.78 is 22.4. The third-order valence-electron chi connectivity index (χ3n) is 6.44. The standard InChI is InChI=1S/C28H22BrFN4O2/c29-21-4-8-23(9-5-21)34-16-24(27(32-34)19-2-6-22(30)7-3-19)28-33(26(35)17-36-28)14-12-18-1-10-25-20(15-18)11-13-31-25/h1-11,13,15-16,28,31H,12,14,17H2. The van der Waals surface area contributed by atoms with E-state index in [1.54, 1.807) is 21.7 Å². The second kappa shape index (κ2) is 9.37. The Hall–Kier alpha value is -3.75. The molecule has 5 aromatic rings. The van der Waals surface area contributed by atoms with Crippen LogP contribution in [0.2, 0.25) is 0 Å². The summed E-state index contributed by atoms with van der Waals surface area (Å²) in [4.78, 5) is 17.8. The van der Waals surface area contributed by atoms with Crippen LogP contribution < -0.4 is 0 Å². The van der Waals surface area contributed by atoms with E-state index in [0.717, 1.165) is 37.8 Å². The van der Waals surface area contributed by atoms with Crippen molar-refractivity contribution in [1.29, 1.82) is 0 Å². The minimum Gasteiger partial charge on any atom is -0.361 e. The highest BCUT2D eigenvalue weighted by Gasteiger charge is 2.36. The number of aromatic amines is 1. The molecule has 1 aliphatic heterocycles. The summed E-state index contributed by atoms with van der Waals surface area (Å²) in [6.07, 6.45) is 3.92. The summed E-state index contributed by atoms with van der Waals surface area (Å²) in [5.41, 5.74) is 5.26. The normalized spacial score (nSPS) is 15.8. The van der Waals surface area contributed by atoms with Crippen LogP contribution in [-0.4, -0.2) is 38.7 Å². The van der Waals surface area contributed by atoms with Gasteiger partial charge in [-0.1, -0.05) is 22.0 Å². The van der Waals surface area contributed by atoms with Crippen molar-refractivity contribution in [2.24, 2.45) is 0 Å². The molecule has 0 bridgehead atoms. The van der Waals surface area contributed by atoms with Crippen LogP contribution in [0, 0.1) is 5.82 Å². The molecule has 2 aromatic heterocycles. The van der Waals surface area contributed by atoms with Crippen molar-refractivity contribution < 1.29 is 13.9 Å². The van der Waals surface area contributed by atoms with Crippen molar-refractivity contribution in [3.8, 4) is 16.9 Å². The fraction of sp³-hybridized carbons (Fsp3) is 0.143. The lowest BCUT2D eigenvalue weighted by atomic mass is 10.1. The molecule has 1 saturated heterocycles. The van der Waals surface area contributed by atoms with Gasteiger partial charge in [-0.25, -0.2) is 9.07 Å². The van der Waals surface area contributed by atoms with Crippen LogP contribution in [0.15, 0.2) is 89.7 Å². The number of aromatic nitrogens is 3. The zero-order valence-electron chi connectivity index (χ0n) is 19.2. The smallest absolute Gasteiger partial charge is 0.250 e. The first-order valence-electron chi connectivity index (χ1n) is 11.6. The van der Waals surface area contributed by atoms with Crippen molar-refractivity contribution in [2.75, 3.05) is 13.2 Å². The van der Waals surface area contributed by atoms with Gasteiger partial charge in [0.25, 0.3) is 5.91 Å². The van der Waals surface area contributed by atoms with Gasteiger partial charge in [0.15, 0.2) is 6.23 Å². The average molecular weight is 545 g/mol. The highest BCUT2D eigenvalue weighted by atomic mass is 79.9. The number of amides is 1. The molecule has 3 heterocycles. The van der Waals surface area contributed by atoms with E-state index in [2.05, 4.69) is 39.1 Å². The van der Waals surface area contributed by atoms with Gasteiger partial charge < -0.3 is 14.6 Å². The number of fused-ring (bicyclic) bond motifs is 1. The maximum atomic E-state index is 13.7. The Kier molecular flexibility index (Phi) is 5.91. The average Bonchev–Trinajstić information content (AvgIpc) is 3.62. The third kappa shape index (κ3) is 4.34. The number of halogens is 2. The van der Waals surface area contributed by atoms with E-state index in [4.69, 9.17) is 9.84 Å². The predicted octanol–water partition coefficient (Wildman–Crippen LogP) is 6.02. The summed E-state index contributed by atoms with van der Waals surface area (Å²) in [5, 5.41) is 5.96. The molecule has 6 rings (SSSR count). The minimum absolute atomic E-state index is 0.00777. The highest BCUT2D eigenvalue weighted by Crippen LogP contribution is 2.35. The first-order valence-corrected chi connectivity index (χ1v) is 12.4. The van der Waals surface area contributed by atoms with Gasteiger partial charge in [-0.2, -0.15) is 5.10 Å². The Morgan fingerprint density at radius 3 is 2.67 bits per heavy atom. The van der Waals surface area contributed by atoms with Crippen LogP contribution >= 0.6 is 15.9 Å². The molecule has 1 fully saturated rings. The van der Waals surface area contributed by atoms with Crippen LogP contribution in [0.1, 0.15) is 17.4 Å². The summed E-state index contributed by atoms with van der Waals surface area (Å²) in [6, 6.07) is 22.3. The van der Waals surface area contributed by atoms with E-state index in [-0.39, 0.29) is 18.3 Å². The van der Waals surface area contributed by atoms with Gasteiger partial charge in [-0.3, -0.25) is 4.79 Å². The van der Waals surface area contributed by atoms with E-state index in [0.29, 0.717) is 18.7 Å². The molecule has 0 saturated carbocycles. The van der Waals surface area contributed by atoms with Gasteiger partial charge in [0.2, 0.25) is 0 Å². The molecule has 1 atom stereocenters. The number of hydrogen-bond acceptors (Lipinski definition) is 3. The molecule has 36 heavy (non-hydrogen) atoms. The molecular formula is C28H22BrFN4O2. The van der Waals surface area contributed by atoms with Crippen molar-refractivity contribution in [3.63, 3.8) is 0 Å². The van der Waals surface area contributed by atoms with E-state index in [1.807, 2.05) is 42.7 Å². The van der Waals surface area contributed by atoms with Crippen LogP contribution in [0.5, 0.6) is 0 Å². The van der Waals surface area contributed by atoms with E-state index < -0.39 is 6.23 Å². The number of rotatable bonds is 6. The molecular weight excluding hydrogens is 523 g/mol. The summed E-state index contributed by atoms with van der Waals surface area (Å²) in [5.74, 6) is -0.384. The second-order valence-corrected chi connectivity index (χ2v) is 9.68. The number of carbonyl (C=O) groups excluding carboxylic acids is 1. The van der Waals surface area contributed by atoms with Crippen molar-refractivity contribution in [2.45, 2.75) is 12.6 Å². The lowest BCUT2D eigenvalue weighted by molar-refractivity contribution is -0.128. The van der Waals surface area contributed by atoms with Gasteiger partial charge >= 0.3 is 0 Å². The fourth-order valence-electron chi connectivity index (χ4n) is 4.59. The van der Waals surface area contributed by atoms with Crippen LogP contribution in [0.4, 0.5) is 4.39 Å². The number of ether oxygens (including phenoxy) is 1. The van der Waals surface area contributed by atoms with Gasteiger partial charge in [0.05, 0.1) is 5.69 Å². The molecule has 0 aliphatic carbocycles. The molecule has 1 N–H and O–H groups in total. The second-order valence-electron chi connectivity index (χ2n) is 8.76. The topological polar surface area (TPSA) is 63.2 Å². The maximum Gasteiger partial charge on any atom is 0.250 e. The van der Waals surface area contributed by atoms with Gasteiger partial charge in [0.1, 0.15) is 18.1 Å². The Morgan fingerprint density at radius 2 is 1.86 bits per heavy atom. The predicted molar refractivity (Wildman–Crippen MR) is 139 cm³/mol. The van der Waals surface area contributed by atoms with E-state index in [1.165, 1.54) is 12.1 Å². The number of carbonyl (C=O) groups is 1. The first kappa shape index (κ1) is 22.7. The first-order chi connectivity index (χ1) is 17.5. The van der Waals surface area contributed by atoms with Gasteiger partial charge in [0, 0.05) is 40.1 Å². The summed E-state index contributed by atoms with van der Waals surface area (Å²) >= 11 is 3.47. The molecule has 3 aromatic carbocycles. The zero-order chi connectivity index (χ0) is 24.6. The monoisotopic (exact) mass is 544 g/mol. The Labute approximate surface area is 215 Å².